The fraction of sp³-hybridized carbons (Fsp3) is 1.00. The van der Waals surface area contributed by atoms with Gasteiger partial charge in [-0.3, -0.25) is 4.18 Å². The van der Waals surface area contributed by atoms with Gasteiger partial charge in [-0.15, -0.1) is 0 Å². The lowest BCUT2D eigenvalue weighted by molar-refractivity contribution is -0.133. The largest absolute Gasteiger partial charge is 0.523 e. The lowest BCUT2D eigenvalue weighted by atomic mass is 9.92. The Morgan fingerprint density at radius 3 is 2.61 bits per heavy atom. The van der Waals surface area contributed by atoms with Crippen LogP contribution in [0.15, 0.2) is 0 Å². The van der Waals surface area contributed by atoms with Gasteiger partial charge in [-0.1, -0.05) is 0 Å². The predicted octanol–water partition coefficient (Wildman–Crippen LogP) is 0.890. The van der Waals surface area contributed by atoms with Gasteiger partial charge in [0.25, 0.3) is 0 Å². The van der Waals surface area contributed by atoms with Crippen molar-refractivity contribution in [3.63, 3.8) is 0 Å². The summed E-state index contributed by atoms with van der Waals surface area (Å²) in [5.74, 6) is 0. The third-order valence-corrected chi connectivity index (χ3v) is 4.19. The molecule has 0 saturated carbocycles. The summed E-state index contributed by atoms with van der Waals surface area (Å²) in [6.07, 6.45) is 0.265. The molecule has 10 heteroatoms. The van der Waals surface area contributed by atoms with Crippen LogP contribution < -0.4 is 0 Å². The van der Waals surface area contributed by atoms with Crippen LogP contribution in [0.1, 0.15) is 19.8 Å². The van der Waals surface area contributed by atoms with Crippen LogP contribution in [0.2, 0.25) is 0 Å². The Hall–Kier alpha value is -0.163. The molecule has 1 rings (SSSR count). The van der Waals surface area contributed by atoms with Crippen molar-refractivity contribution in [1.82, 2.24) is 0 Å². The zero-order chi connectivity index (χ0) is 14.0. The molecule has 0 aromatic carbocycles. The maximum atomic E-state index is 12.1. The molecule has 1 fully saturated rings. The Balaban J connectivity index is 2.68. The lowest BCUT2D eigenvalue weighted by Gasteiger charge is -2.40. The molecule has 105 valence electrons. The number of alkyl halides is 3. The molecule has 0 N–H and O–H groups in total. The molecular formula is C8H12F3O5SSi. The number of halogens is 3. The first-order valence-corrected chi connectivity index (χ1v) is 6.86. The Bertz CT molecular complexity index is 385. The van der Waals surface area contributed by atoms with Gasteiger partial charge in [-0.2, -0.15) is 21.6 Å². The van der Waals surface area contributed by atoms with E-state index in [1.165, 1.54) is 0 Å². The summed E-state index contributed by atoms with van der Waals surface area (Å²) in [7, 11) is -2.80. The molecule has 1 aliphatic rings. The van der Waals surface area contributed by atoms with E-state index in [9.17, 15) is 21.6 Å². The SMILES string of the molecule is C[C@]1(O[Si])CCCO[C@@H]1COS(=O)(=O)C(F)(F)F. The molecule has 1 heterocycles. The summed E-state index contributed by atoms with van der Waals surface area (Å²) in [6, 6.07) is 0. The minimum Gasteiger partial charge on any atom is -0.411 e. The van der Waals surface area contributed by atoms with E-state index in [4.69, 9.17) is 9.16 Å². The van der Waals surface area contributed by atoms with Crippen molar-refractivity contribution in [1.29, 1.82) is 0 Å². The maximum Gasteiger partial charge on any atom is 0.523 e. The third kappa shape index (κ3) is 3.44. The van der Waals surface area contributed by atoms with E-state index in [0.29, 0.717) is 19.4 Å². The van der Waals surface area contributed by atoms with Crippen LogP contribution in [0.25, 0.3) is 0 Å². The molecule has 0 aromatic rings. The monoisotopic (exact) mass is 305 g/mol. The molecule has 18 heavy (non-hydrogen) atoms. The Kier molecular flexibility index (Phi) is 4.81. The van der Waals surface area contributed by atoms with Crippen molar-refractivity contribution in [3.05, 3.63) is 0 Å². The fourth-order valence-corrected chi connectivity index (χ4v) is 2.22. The first kappa shape index (κ1) is 15.9. The first-order valence-electron chi connectivity index (χ1n) is 5.04. The van der Waals surface area contributed by atoms with E-state index in [0.717, 1.165) is 0 Å². The molecule has 0 aromatic heterocycles. The van der Waals surface area contributed by atoms with Crippen LogP contribution in [0, 0.1) is 0 Å². The van der Waals surface area contributed by atoms with Gasteiger partial charge in [0, 0.05) is 6.61 Å². The molecule has 0 amide bonds. The standard InChI is InChI=1S/C8H12F3O5SSi/c1-7(16-18)3-2-4-14-6(7)5-15-17(12,13)8(9,10)11/h6H,2-5H2,1H3/t6-,7+/m1/s1. The maximum absolute atomic E-state index is 12.1. The summed E-state index contributed by atoms with van der Waals surface area (Å²) in [5.41, 5.74) is -6.37. The van der Waals surface area contributed by atoms with Crippen LogP contribution in [0.3, 0.4) is 0 Å². The second-order valence-electron chi connectivity index (χ2n) is 4.06. The number of hydrogen-bond acceptors (Lipinski definition) is 5. The summed E-state index contributed by atoms with van der Waals surface area (Å²) in [6.45, 7) is 1.15. The van der Waals surface area contributed by atoms with Gasteiger partial charge in [0.2, 0.25) is 10.5 Å². The number of ether oxygens (including phenoxy) is 1. The highest BCUT2D eigenvalue weighted by molar-refractivity contribution is 7.87. The summed E-state index contributed by atoms with van der Waals surface area (Å²) in [5, 5.41) is 0. The second-order valence-corrected chi connectivity index (χ2v) is 5.87. The van der Waals surface area contributed by atoms with Gasteiger partial charge in [-0.05, 0) is 19.8 Å². The van der Waals surface area contributed by atoms with E-state index in [1.807, 2.05) is 0 Å². The van der Waals surface area contributed by atoms with Crippen LogP contribution in [0.4, 0.5) is 13.2 Å². The highest BCUT2D eigenvalue weighted by Crippen LogP contribution is 2.30. The van der Waals surface area contributed by atoms with Gasteiger partial charge in [-0.25, -0.2) is 0 Å². The van der Waals surface area contributed by atoms with Crippen molar-refractivity contribution >= 4 is 20.6 Å². The fourth-order valence-electron chi connectivity index (χ4n) is 1.55. The Morgan fingerprint density at radius 2 is 2.11 bits per heavy atom. The van der Waals surface area contributed by atoms with Crippen molar-refractivity contribution in [2.75, 3.05) is 13.2 Å². The van der Waals surface area contributed by atoms with Gasteiger partial charge >= 0.3 is 15.6 Å². The molecule has 1 saturated heterocycles. The summed E-state index contributed by atoms with van der Waals surface area (Å²) in [4.78, 5) is 0. The second kappa shape index (κ2) is 5.45. The number of rotatable bonds is 4. The van der Waals surface area contributed by atoms with Crippen LogP contribution in [-0.4, -0.2) is 49.3 Å². The molecule has 5 nitrogen and oxygen atoms in total. The van der Waals surface area contributed by atoms with Crippen molar-refractivity contribution in [2.24, 2.45) is 0 Å². The van der Waals surface area contributed by atoms with Crippen LogP contribution >= 0.6 is 0 Å². The molecular weight excluding hydrogens is 293 g/mol. The minimum atomic E-state index is -5.61. The highest BCUT2D eigenvalue weighted by Gasteiger charge is 2.49. The van der Waals surface area contributed by atoms with E-state index in [-0.39, 0.29) is 0 Å². The van der Waals surface area contributed by atoms with Crippen LogP contribution in [-0.2, 0) is 23.5 Å². The molecule has 0 spiro atoms. The Morgan fingerprint density at radius 1 is 1.50 bits per heavy atom. The lowest BCUT2D eigenvalue weighted by Crippen LogP contribution is -2.50. The predicted molar refractivity (Wildman–Crippen MR) is 55.1 cm³/mol. The van der Waals surface area contributed by atoms with Crippen LogP contribution in [0.5, 0.6) is 0 Å². The van der Waals surface area contributed by atoms with E-state index < -0.39 is 33.9 Å². The van der Waals surface area contributed by atoms with Gasteiger partial charge in [0.1, 0.15) is 6.10 Å². The molecule has 3 radical (unpaired) electrons. The average Bonchev–Trinajstić information content (AvgIpc) is 2.26. The zero-order valence-electron chi connectivity index (χ0n) is 9.49. The average molecular weight is 305 g/mol. The highest BCUT2D eigenvalue weighted by atomic mass is 32.2. The summed E-state index contributed by atoms with van der Waals surface area (Å²) < 4.78 is 71.8. The van der Waals surface area contributed by atoms with E-state index >= 15 is 0 Å². The summed E-state index contributed by atoms with van der Waals surface area (Å²) >= 11 is 0. The normalized spacial score (nSPS) is 30.4. The molecule has 0 aliphatic carbocycles. The van der Waals surface area contributed by atoms with Gasteiger partial charge in [0.15, 0.2) is 0 Å². The van der Waals surface area contributed by atoms with Crippen molar-refractivity contribution in [2.45, 2.75) is 37.0 Å². The smallest absolute Gasteiger partial charge is 0.411 e. The quantitative estimate of drug-likeness (QED) is 0.438. The topological polar surface area (TPSA) is 61.8 Å². The third-order valence-electron chi connectivity index (χ3n) is 2.71. The van der Waals surface area contributed by atoms with E-state index in [2.05, 4.69) is 14.7 Å². The van der Waals surface area contributed by atoms with E-state index in [1.54, 1.807) is 6.92 Å². The minimum absolute atomic E-state index is 0.311. The molecule has 2 atom stereocenters. The first-order chi connectivity index (χ1) is 8.12. The zero-order valence-corrected chi connectivity index (χ0v) is 11.3. The molecule has 0 unspecified atom stereocenters. The number of hydrogen-bond donors (Lipinski definition) is 0. The van der Waals surface area contributed by atoms with Crippen molar-refractivity contribution in [3.8, 4) is 0 Å². The van der Waals surface area contributed by atoms with Gasteiger partial charge < -0.3 is 9.16 Å². The van der Waals surface area contributed by atoms with Gasteiger partial charge in [0.05, 0.1) is 12.2 Å². The van der Waals surface area contributed by atoms with Crippen molar-refractivity contribution < 1.29 is 34.9 Å². The molecule has 1 aliphatic heterocycles. The Labute approximate surface area is 106 Å². The molecule has 0 bridgehead atoms.